The first-order chi connectivity index (χ1) is 8.99. The third-order valence-electron chi connectivity index (χ3n) is 2.25. The fraction of sp³-hybridized carbons (Fsp3) is 0.0833. The maximum absolute atomic E-state index is 13.2. The topological polar surface area (TPSA) is 22.1 Å². The molecule has 2 nitrogen and oxygen atoms in total. The molecule has 7 heteroatoms. The average Bonchev–Trinajstić information content (AvgIpc) is 2.38. The molecule has 0 saturated carbocycles. The lowest BCUT2D eigenvalue weighted by atomic mass is 10.2. The summed E-state index contributed by atoms with van der Waals surface area (Å²) in [4.78, 5) is 2.42. The number of hydrogen-bond donors (Lipinski definition) is 0. The second-order valence-electron chi connectivity index (χ2n) is 3.57. The number of nitrogens with zero attached hydrogens (tertiary/aromatic N) is 1. The van der Waals surface area contributed by atoms with Crippen LogP contribution in [0.15, 0.2) is 24.3 Å². The Hall–Kier alpha value is -1.82. The largest absolute Gasteiger partial charge is 0.483 e. The summed E-state index contributed by atoms with van der Waals surface area (Å²) in [7, 11) is 0. The molecule has 2 rings (SSSR count). The van der Waals surface area contributed by atoms with Crippen molar-refractivity contribution in [1.82, 2.24) is 4.98 Å². The Labute approximate surface area is 110 Å². The standard InChI is InChI=1S/C12H6ClF4NO/c13-7-3-1-6(2-4-7)5-19-10-8(14)11(16)18-12(17)9(10)15/h1-4H,5H2. The molecule has 0 atom stereocenters. The average molecular weight is 292 g/mol. The monoisotopic (exact) mass is 291 g/mol. The van der Waals surface area contributed by atoms with Crippen molar-refractivity contribution in [3.8, 4) is 5.75 Å². The molecule has 100 valence electrons. The maximum atomic E-state index is 13.2. The van der Waals surface area contributed by atoms with E-state index in [4.69, 9.17) is 16.3 Å². The lowest BCUT2D eigenvalue weighted by Crippen LogP contribution is -2.06. The molecule has 0 aliphatic carbocycles. The van der Waals surface area contributed by atoms with Crippen molar-refractivity contribution in [3.05, 3.63) is 58.4 Å². The summed E-state index contributed by atoms with van der Waals surface area (Å²) in [6.07, 6.45) is 0. The third kappa shape index (κ3) is 2.96. The molecule has 1 aromatic heterocycles. The summed E-state index contributed by atoms with van der Waals surface area (Å²) in [5.41, 5.74) is 0.529. The first kappa shape index (κ1) is 13.6. The Kier molecular flexibility index (Phi) is 3.90. The fourth-order valence-electron chi connectivity index (χ4n) is 1.33. The minimum Gasteiger partial charge on any atom is -0.483 e. The molecule has 0 aliphatic rings. The third-order valence-corrected chi connectivity index (χ3v) is 2.51. The van der Waals surface area contributed by atoms with Gasteiger partial charge in [0, 0.05) is 5.02 Å². The number of pyridine rings is 1. The zero-order valence-corrected chi connectivity index (χ0v) is 10.0. The predicted octanol–water partition coefficient (Wildman–Crippen LogP) is 3.87. The van der Waals surface area contributed by atoms with Gasteiger partial charge >= 0.3 is 0 Å². The summed E-state index contributed by atoms with van der Waals surface area (Å²) in [5, 5.41) is 0.474. The molecule has 0 amide bonds. The number of benzene rings is 1. The zero-order valence-electron chi connectivity index (χ0n) is 9.26. The highest BCUT2D eigenvalue weighted by Gasteiger charge is 2.22. The second kappa shape index (κ2) is 5.44. The summed E-state index contributed by atoms with van der Waals surface area (Å²) >= 11 is 5.65. The number of halogens is 5. The van der Waals surface area contributed by atoms with Crippen molar-refractivity contribution in [2.45, 2.75) is 6.61 Å². The number of aromatic nitrogens is 1. The summed E-state index contributed by atoms with van der Waals surface area (Å²) in [5.74, 6) is -8.00. The molecule has 0 unspecified atom stereocenters. The molecule has 19 heavy (non-hydrogen) atoms. The van der Waals surface area contributed by atoms with Gasteiger partial charge in [0.15, 0.2) is 0 Å². The molecule has 0 bridgehead atoms. The van der Waals surface area contributed by atoms with Gasteiger partial charge in [-0.1, -0.05) is 23.7 Å². The van der Waals surface area contributed by atoms with E-state index in [2.05, 4.69) is 4.98 Å². The molecule has 1 heterocycles. The molecule has 0 saturated heterocycles. The predicted molar refractivity (Wildman–Crippen MR) is 59.9 cm³/mol. The highest BCUT2D eigenvalue weighted by Crippen LogP contribution is 2.25. The van der Waals surface area contributed by atoms with Crippen LogP contribution in [0.1, 0.15) is 5.56 Å². The van der Waals surface area contributed by atoms with Gasteiger partial charge in [0.05, 0.1) is 0 Å². The van der Waals surface area contributed by atoms with E-state index >= 15 is 0 Å². The molecular formula is C12H6ClF4NO. The minimum absolute atomic E-state index is 0.270. The van der Waals surface area contributed by atoms with Crippen molar-refractivity contribution < 1.29 is 22.3 Å². The van der Waals surface area contributed by atoms with Gasteiger partial charge in [0.2, 0.25) is 17.4 Å². The van der Waals surface area contributed by atoms with Gasteiger partial charge in [-0.15, -0.1) is 0 Å². The van der Waals surface area contributed by atoms with Gasteiger partial charge in [-0.2, -0.15) is 22.5 Å². The van der Waals surface area contributed by atoms with Crippen LogP contribution in [0.4, 0.5) is 17.6 Å². The van der Waals surface area contributed by atoms with E-state index in [0.717, 1.165) is 0 Å². The smallest absolute Gasteiger partial charge is 0.255 e. The lowest BCUT2D eigenvalue weighted by Gasteiger charge is -2.08. The van der Waals surface area contributed by atoms with Crippen molar-refractivity contribution in [3.63, 3.8) is 0 Å². The van der Waals surface area contributed by atoms with Crippen molar-refractivity contribution in [1.29, 1.82) is 0 Å². The number of ether oxygens (including phenoxy) is 1. The Morgan fingerprint density at radius 1 is 0.947 bits per heavy atom. The van der Waals surface area contributed by atoms with E-state index in [1.807, 2.05) is 0 Å². The van der Waals surface area contributed by atoms with E-state index in [9.17, 15) is 17.6 Å². The molecule has 0 N–H and O–H groups in total. The van der Waals surface area contributed by atoms with Crippen LogP contribution in [0.25, 0.3) is 0 Å². The molecule has 0 aliphatic heterocycles. The fourth-order valence-corrected chi connectivity index (χ4v) is 1.46. The van der Waals surface area contributed by atoms with Gasteiger partial charge in [-0.05, 0) is 17.7 Å². The normalized spacial score (nSPS) is 10.6. The van der Waals surface area contributed by atoms with Crippen LogP contribution in [-0.2, 0) is 6.61 Å². The quantitative estimate of drug-likeness (QED) is 0.632. The van der Waals surface area contributed by atoms with Crippen LogP contribution in [0.5, 0.6) is 5.75 Å². The van der Waals surface area contributed by atoms with E-state index in [1.165, 1.54) is 0 Å². The molecule has 0 radical (unpaired) electrons. The van der Waals surface area contributed by atoms with Crippen LogP contribution < -0.4 is 4.74 Å². The van der Waals surface area contributed by atoms with Crippen LogP contribution in [0, 0.1) is 23.5 Å². The van der Waals surface area contributed by atoms with Crippen molar-refractivity contribution in [2.75, 3.05) is 0 Å². The molecule has 0 spiro atoms. The maximum Gasteiger partial charge on any atom is 0.255 e. The van der Waals surface area contributed by atoms with Gasteiger partial charge in [0.25, 0.3) is 11.9 Å². The van der Waals surface area contributed by atoms with Crippen LogP contribution in [-0.4, -0.2) is 4.98 Å². The number of hydrogen-bond acceptors (Lipinski definition) is 2. The van der Waals surface area contributed by atoms with Crippen molar-refractivity contribution >= 4 is 11.6 Å². The van der Waals surface area contributed by atoms with Gasteiger partial charge < -0.3 is 4.74 Å². The van der Waals surface area contributed by atoms with E-state index in [0.29, 0.717) is 10.6 Å². The Bertz CT molecular complexity index is 577. The van der Waals surface area contributed by atoms with Gasteiger partial charge in [0.1, 0.15) is 6.61 Å². The van der Waals surface area contributed by atoms with E-state index < -0.39 is 29.3 Å². The van der Waals surface area contributed by atoms with Crippen LogP contribution in [0.3, 0.4) is 0 Å². The van der Waals surface area contributed by atoms with E-state index in [-0.39, 0.29) is 6.61 Å². The molecule has 0 fully saturated rings. The Balaban J connectivity index is 2.22. The van der Waals surface area contributed by atoms with Crippen LogP contribution >= 0.6 is 11.6 Å². The summed E-state index contributed by atoms with van der Waals surface area (Å²) in [6.45, 7) is -0.270. The minimum atomic E-state index is -1.76. The van der Waals surface area contributed by atoms with Crippen LogP contribution in [0.2, 0.25) is 5.02 Å². The van der Waals surface area contributed by atoms with Gasteiger partial charge in [-0.25, -0.2) is 0 Å². The SMILES string of the molecule is Fc1nc(F)c(F)c(OCc2ccc(Cl)cc2)c1F. The summed E-state index contributed by atoms with van der Waals surface area (Å²) < 4.78 is 56.8. The highest BCUT2D eigenvalue weighted by atomic mass is 35.5. The molecule has 2 aromatic rings. The van der Waals surface area contributed by atoms with E-state index in [1.54, 1.807) is 24.3 Å². The second-order valence-corrected chi connectivity index (χ2v) is 4.00. The Morgan fingerprint density at radius 3 is 2.00 bits per heavy atom. The first-order valence-corrected chi connectivity index (χ1v) is 5.44. The van der Waals surface area contributed by atoms with Crippen molar-refractivity contribution in [2.24, 2.45) is 0 Å². The molecular weight excluding hydrogens is 286 g/mol. The zero-order chi connectivity index (χ0) is 14.0. The lowest BCUT2D eigenvalue weighted by molar-refractivity contribution is 0.255. The number of rotatable bonds is 3. The molecule has 1 aromatic carbocycles. The first-order valence-electron chi connectivity index (χ1n) is 5.06. The Morgan fingerprint density at radius 2 is 1.47 bits per heavy atom. The van der Waals surface area contributed by atoms with Gasteiger partial charge in [-0.3, -0.25) is 0 Å². The highest BCUT2D eigenvalue weighted by molar-refractivity contribution is 6.30. The summed E-state index contributed by atoms with van der Waals surface area (Å²) in [6, 6.07) is 6.18.